The number of benzene rings is 2. The summed E-state index contributed by atoms with van der Waals surface area (Å²) in [5.41, 5.74) is 2.83. The van der Waals surface area contributed by atoms with E-state index in [0.717, 1.165) is 16.7 Å². The third kappa shape index (κ3) is 3.61. The maximum absolute atomic E-state index is 12.9. The van der Waals surface area contributed by atoms with E-state index in [9.17, 15) is 8.42 Å². The van der Waals surface area contributed by atoms with Gasteiger partial charge in [0.1, 0.15) is 5.25 Å². The van der Waals surface area contributed by atoms with Crippen molar-refractivity contribution in [3.05, 3.63) is 77.4 Å². The maximum atomic E-state index is 12.9. The predicted octanol–water partition coefficient (Wildman–Crippen LogP) is 4.48. The summed E-state index contributed by atoms with van der Waals surface area (Å²) in [6.45, 7) is 5.78. The molecule has 0 saturated carbocycles. The Morgan fingerprint density at radius 2 is 1.52 bits per heavy atom. The van der Waals surface area contributed by atoms with Crippen LogP contribution < -0.4 is 0 Å². The summed E-state index contributed by atoms with van der Waals surface area (Å²) in [5.74, 6) is 0. The molecule has 0 aliphatic heterocycles. The van der Waals surface area contributed by atoms with Gasteiger partial charge in [0, 0.05) is 0 Å². The zero-order chi connectivity index (χ0) is 15.5. The molecule has 0 amide bonds. The van der Waals surface area contributed by atoms with E-state index in [4.69, 9.17) is 0 Å². The highest BCUT2D eigenvalue weighted by Gasteiger charge is 2.26. The van der Waals surface area contributed by atoms with Crippen molar-refractivity contribution in [2.24, 2.45) is 0 Å². The van der Waals surface area contributed by atoms with Gasteiger partial charge in [-0.25, -0.2) is 8.42 Å². The summed E-state index contributed by atoms with van der Waals surface area (Å²) in [7, 11) is -3.44. The van der Waals surface area contributed by atoms with Crippen LogP contribution in [0.15, 0.2) is 71.1 Å². The lowest BCUT2D eigenvalue weighted by Gasteiger charge is -2.16. The van der Waals surface area contributed by atoms with Gasteiger partial charge in [-0.05, 0) is 38.5 Å². The first-order chi connectivity index (χ1) is 9.91. The predicted molar refractivity (Wildman–Crippen MR) is 87.0 cm³/mol. The molecular formula is C18H20O2S. The molecule has 0 N–H and O–H groups in total. The molecule has 2 aromatic carbocycles. The van der Waals surface area contributed by atoms with Crippen LogP contribution in [0.4, 0.5) is 0 Å². The van der Waals surface area contributed by atoms with E-state index < -0.39 is 15.1 Å². The smallest absolute Gasteiger partial charge is 0.188 e. The van der Waals surface area contributed by atoms with Crippen LogP contribution in [0.3, 0.4) is 0 Å². The lowest BCUT2D eigenvalue weighted by molar-refractivity contribution is 0.590. The number of hydrogen-bond acceptors (Lipinski definition) is 2. The van der Waals surface area contributed by atoms with Crippen LogP contribution in [-0.4, -0.2) is 8.42 Å². The maximum Gasteiger partial charge on any atom is 0.188 e. The lowest BCUT2D eigenvalue weighted by atomic mass is 10.1. The van der Waals surface area contributed by atoms with Crippen molar-refractivity contribution in [1.82, 2.24) is 0 Å². The fourth-order valence-electron chi connectivity index (χ4n) is 2.18. The van der Waals surface area contributed by atoms with Crippen molar-refractivity contribution in [3.63, 3.8) is 0 Å². The number of allylic oxidation sites excluding steroid dienone is 1. The van der Waals surface area contributed by atoms with Gasteiger partial charge in [-0.15, -0.1) is 0 Å². The zero-order valence-electron chi connectivity index (χ0n) is 12.6. The topological polar surface area (TPSA) is 34.1 Å². The molecule has 0 bridgehead atoms. The number of hydrogen-bond donors (Lipinski definition) is 0. The Bertz CT molecular complexity index is 723. The molecule has 0 radical (unpaired) electrons. The van der Waals surface area contributed by atoms with Crippen molar-refractivity contribution in [2.45, 2.75) is 30.9 Å². The van der Waals surface area contributed by atoms with Gasteiger partial charge in [0.2, 0.25) is 0 Å². The largest absolute Gasteiger partial charge is 0.223 e. The Hall–Kier alpha value is -1.87. The van der Waals surface area contributed by atoms with E-state index in [0.29, 0.717) is 4.90 Å². The standard InChI is InChI=1S/C18H20O2S/c1-14(2)13-18(16-7-5-4-6-8-16)21(19,20)17-11-9-15(3)10-12-17/h4-13,18H,1-3H3/t18-/m1/s1. The molecule has 0 saturated heterocycles. The Morgan fingerprint density at radius 3 is 2.05 bits per heavy atom. The van der Waals surface area contributed by atoms with E-state index in [-0.39, 0.29) is 0 Å². The summed E-state index contributed by atoms with van der Waals surface area (Å²) < 4.78 is 25.9. The average molecular weight is 300 g/mol. The molecule has 2 nitrogen and oxygen atoms in total. The first kappa shape index (κ1) is 15.5. The van der Waals surface area contributed by atoms with Gasteiger partial charge in [-0.3, -0.25) is 0 Å². The van der Waals surface area contributed by atoms with Crippen LogP contribution in [0.25, 0.3) is 0 Å². The van der Waals surface area contributed by atoms with Crippen LogP contribution in [0.1, 0.15) is 30.2 Å². The Kier molecular flexibility index (Phi) is 4.63. The molecule has 0 fully saturated rings. The van der Waals surface area contributed by atoms with Gasteiger partial charge in [-0.1, -0.05) is 59.7 Å². The fraction of sp³-hybridized carbons (Fsp3) is 0.222. The van der Waals surface area contributed by atoms with Crippen molar-refractivity contribution in [3.8, 4) is 0 Å². The van der Waals surface area contributed by atoms with Crippen LogP contribution in [0.2, 0.25) is 0 Å². The van der Waals surface area contributed by atoms with Crippen LogP contribution >= 0.6 is 0 Å². The molecule has 0 aliphatic carbocycles. The average Bonchev–Trinajstić information content (AvgIpc) is 2.46. The Balaban J connectivity index is 2.55. The summed E-state index contributed by atoms with van der Waals surface area (Å²) in [5, 5.41) is -0.647. The number of sulfone groups is 1. The summed E-state index contributed by atoms with van der Waals surface area (Å²) in [6.07, 6.45) is 1.81. The molecule has 3 heteroatoms. The minimum atomic E-state index is -3.44. The van der Waals surface area contributed by atoms with Gasteiger partial charge in [0.15, 0.2) is 9.84 Å². The molecule has 21 heavy (non-hydrogen) atoms. The second kappa shape index (κ2) is 6.27. The van der Waals surface area contributed by atoms with Gasteiger partial charge in [-0.2, -0.15) is 0 Å². The van der Waals surface area contributed by atoms with E-state index in [2.05, 4.69) is 0 Å². The highest BCUT2D eigenvalue weighted by atomic mass is 32.2. The second-order valence-electron chi connectivity index (χ2n) is 5.43. The molecular weight excluding hydrogens is 280 g/mol. The highest BCUT2D eigenvalue weighted by Crippen LogP contribution is 2.31. The van der Waals surface area contributed by atoms with Gasteiger partial charge in [0.05, 0.1) is 4.90 Å². The number of rotatable bonds is 4. The zero-order valence-corrected chi connectivity index (χ0v) is 13.4. The van der Waals surface area contributed by atoms with Crippen molar-refractivity contribution in [1.29, 1.82) is 0 Å². The molecule has 1 atom stereocenters. The van der Waals surface area contributed by atoms with Crippen molar-refractivity contribution < 1.29 is 8.42 Å². The summed E-state index contributed by atoms with van der Waals surface area (Å²) in [4.78, 5) is 0.361. The van der Waals surface area contributed by atoms with E-state index in [1.807, 2.05) is 69.3 Å². The first-order valence-corrected chi connectivity index (χ1v) is 8.46. The molecule has 110 valence electrons. The van der Waals surface area contributed by atoms with E-state index >= 15 is 0 Å². The van der Waals surface area contributed by atoms with Gasteiger partial charge >= 0.3 is 0 Å². The molecule has 0 aromatic heterocycles. The molecule has 2 aromatic rings. The SMILES string of the molecule is CC(C)=C[C@H](c1ccccc1)S(=O)(=O)c1ccc(C)cc1. The molecule has 2 rings (SSSR count). The van der Waals surface area contributed by atoms with Gasteiger partial charge < -0.3 is 0 Å². The minimum Gasteiger partial charge on any atom is -0.223 e. The van der Waals surface area contributed by atoms with Crippen LogP contribution in [0.5, 0.6) is 0 Å². The normalized spacial score (nSPS) is 12.7. The second-order valence-corrected chi connectivity index (χ2v) is 7.50. The summed E-state index contributed by atoms with van der Waals surface area (Å²) in [6, 6.07) is 16.4. The van der Waals surface area contributed by atoms with Crippen molar-refractivity contribution >= 4 is 9.84 Å². The monoisotopic (exact) mass is 300 g/mol. The molecule has 0 aliphatic rings. The quantitative estimate of drug-likeness (QED) is 0.780. The minimum absolute atomic E-state index is 0.361. The Labute approximate surface area is 127 Å². The highest BCUT2D eigenvalue weighted by molar-refractivity contribution is 7.91. The number of aryl methyl sites for hydroxylation is 1. The summed E-state index contributed by atoms with van der Waals surface area (Å²) >= 11 is 0. The van der Waals surface area contributed by atoms with Gasteiger partial charge in [0.25, 0.3) is 0 Å². The molecule has 0 heterocycles. The fourth-order valence-corrected chi connectivity index (χ4v) is 3.96. The van der Waals surface area contributed by atoms with Crippen LogP contribution in [0, 0.1) is 6.92 Å². The third-order valence-electron chi connectivity index (χ3n) is 3.30. The lowest BCUT2D eigenvalue weighted by Crippen LogP contribution is -2.12. The Morgan fingerprint density at radius 1 is 0.952 bits per heavy atom. The third-order valence-corrected chi connectivity index (χ3v) is 5.30. The van der Waals surface area contributed by atoms with E-state index in [1.165, 1.54) is 0 Å². The molecule has 0 unspecified atom stereocenters. The van der Waals surface area contributed by atoms with E-state index in [1.54, 1.807) is 12.1 Å². The van der Waals surface area contributed by atoms with Crippen molar-refractivity contribution in [2.75, 3.05) is 0 Å². The molecule has 0 spiro atoms. The van der Waals surface area contributed by atoms with Crippen LogP contribution in [-0.2, 0) is 9.84 Å². The first-order valence-electron chi connectivity index (χ1n) is 6.92.